The Morgan fingerprint density at radius 1 is 1.11 bits per heavy atom. The van der Waals surface area contributed by atoms with Crippen LogP contribution in [-0.4, -0.2) is 36.2 Å². The Hall–Kier alpha value is -2.07. The fraction of sp³-hybridized carbons (Fsp3) is 0.542. The monoisotopic (exact) mass is 380 g/mol. The van der Waals surface area contributed by atoms with Crippen LogP contribution in [0.1, 0.15) is 46.1 Å². The van der Waals surface area contributed by atoms with E-state index in [1.165, 1.54) is 18.4 Å². The lowest BCUT2D eigenvalue weighted by atomic mass is 9.85. The molecule has 0 bridgehead atoms. The van der Waals surface area contributed by atoms with Gasteiger partial charge in [-0.1, -0.05) is 30.3 Å². The van der Waals surface area contributed by atoms with Gasteiger partial charge < -0.3 is 15.5 Å². The first-order valence-electron chi connectivity index (χ1n) is 10.7. The van der Waals surface area contributed by atoms with Crippen molar-refractivity contribution in [1.82, 2.24) is 10.3 Å². The molecule has 1 aromatic heterocycles. The molecule has 1 fully saturated rings. The first kappa shape index (κ1) is 20.7. The molecule has 0 saturated carbocycles. The minimum absolute atomic E-state index is 0.000873. The number of aromatic nitrogens is 1. The molecule has 152 valence electrons. The summed E-state index contributed by atoms with van der Waals surface area (Å²) < 4.78 is 0. The van der Waals surface area contributed by atoms with Gasteiger partial charge in [-0.3, -0.25) is 0 Å². The summed E-state index contributed by atoms with van der Waals surface area (Å²) >= 11 is 0. The number of hydrogen-bond acceptors (Lipinski definition) is 4. The van der Waals surface area contributed by atoms with Crippen molar-refractivity contribution < 1.29 is 0 Å². The molecule has 0 amide bonds. The quantitative estimate of drug-likeness (QED) is 0.728. The fourth-order valence-electron chi connectivity index (χ4n) is 4.28. The summed E-state index contributed by atoms with van der Waals surface area (Å²) in [6.07, 6.45) is 5.43. The third-order valence-corrected chi connectivity index (χ3v) is 5.53. The zero-order valence-corrected chi connectivity index (χ0v) is 17.9. The molecule has 2 aromatic rings. The molecule has 1 saturated heterocycles. The fourth-order valence-corrected chi connectivity index (χ4v) is 4.28. The molecule has 4 nitrogen and oxygen atoms in total. The maximum atomic E-state index is 4.84. The van der Waals surface area contributed by atoms with Crippen LogP contribution in [0.3, 0.4) is 0 Å². The van der Waals surface area contributed by atoms with E-state index in [-0.39, 0.29) is 5.54 Å². The molecule has 2 heterocycles. The van der Waals surface area contributed by atoms with Gasteiger partial charge in [0.15, 0.2) is 5.82 Å². The topological polar surface area (TPSA) is 40.2 Å². The number of nitrogens with zero attached hydrogens (tertiary/aromatic N) is 2. The summed E-state index contributed by atoms with van der Waals surface area (Å²) in [5, 5.41) is 7.20. The van der Waals surface area contributed by atoms with E-state index < -0.39 is 0 Å². The number of hydrogen-bond donors (Lipinski definition) is 2. The van der Waals surface area contributed by atoms with Crippen LogP contribution in [0.15, 0.2) is 48.7 Å². The predicted molar refractivity (Wildman–Crippen MR) is 120 cm³/mol. The van der Waals surface area contributed by atoms with Crippen LogP contribution in [0.2, 0.25) is 0 Å². The number of benzene rings is 1. The predicted octanol–water partition coefficient (Wildman–Crippen LogP) is 4.73. The van der Waals surface area contributed by atoms with Crippen LogP contribution in [0, 0.1) is 5.92 Å². The molecule has 4 heteroatoms. The van der Waals surface area contributed by atoms with Crippen molar-refractivity contribution >= 4 is 11.5 Å². The van der Waals surface area contributed by atoms with Crippen molar-refractivity contribution in [2.45, 2.75) is 58.5 Å². The molecule has 2 N–H and O–H groups in total. The van der Waals surface area contributed by atoms with E-state index in [2.05, 4.69) is 79.6 Å². The maximum Gasteiger partial charge on any atom is 0.152 e. The average molecular weight is 381 g/mol. The zero-order chi connectivity index (χ0) is 20.0. The highest BCUT2D eigenvalue weighted by atomic mass is 15.2. The first-order valence-corrected chi connectivity index (χ1v) is 10.7. The van der Waals surface area contributed by atoms with Gasteiger partial charge in [0.2, 0.25) is 0 Å². The van der Waals surface area contributed by atoms with Crippen molar-refractivity contribution in [3.63, 3.8) is 0 Å². The van der Waals surface area contributed by atoms with Crippen molar-refractivity contribution in [1.29, 1.82) is 0 Å². The Labute approximate surface area is 170 Å². The molecule has 0 spiro atoms. The van der Waals surface area contributed by atoms with Gasteiger partial charge in [-0.05, 0) is 83.7 Å². The summed E-state index contributed by atoms with van der Waals surface area (Å²) in [7, 11) is 0. The van der Waals surface area contributed by atoms with E-state index in [0.29, 0.717) is 12.0 Å². The number of anilines is 2. The van der Waals surface area contributed by atoms with Gasteiger partial charge in [-0.2, -0.15) is 0 Å². The van der Waals surface area contributed by atoms with Crippen LogP contribution < -0.4 is 15.5 Å². The van der Waals surface area contributed by atoms with Crippen LogP contribution in [0.5, 0.6) is 0 Å². The van der Waals surface area contributed by atoms with E-state index >= 15 is 0 Å². The molecular formula is C24H36N4. The lowest BCUT2D eigenvalue weighted by Crippen LogP contribution is -2.47. The number of nitrogens with one attached hydrogen (secondary N) is 2. The van der Waals surface area contributed by atoms with Gasteiger partial charge in [-0.15, -0.1) is 0 Å². The number of piperidine rings is 1. The number of likely N-dealkylation sites (N-methyl/N-ethyl adjacent to an activating group) is 1. The summed E-state index contributed by atoms with van der Waals surface area (Å²) in [6, 6.07) is 15.6. The first-order chi connectivity index (χ1) is 13.5. The van der Waals surface area contributed by atoms with Crippen molar-refractivity contribution in [3.05, 3.63) is 54.2 Å². The second kappa shape index (κ2) is 9.42. The molecule has 1 aromatic carbocycles. The van der Waals surface area contributed by atoms with E-state index in [0.717, 1.165) is 37.6 Å². The largest absolute Gasteiger partial charge is 0.377 e. The molecule has 0 aliphatic carbocycles. The normalized spacial score (nSPS) is 16.6. The van der Waals surface area contributed by atoms with Crippen LogP contribution >= 0.6 is 0 Å². The van der Waals surface area contributed by atoms with Gasteiger partial charge in [0.25, 0.3) is 0 Å². The smallest absolute Gasteiger partial charge is 0.152 e. The SMILES string of the molecule is CCN(c1ncccc1NC(C)(C)C)C(Cc1ccccc1)C1CCNCC1. The van der Waals surface area contributed by atoms with Crippen LogP contribution in [-0.2, 0) is 6.42 Å². The Morgan fingerprint density at radius 3 is 2.46 bits per heavy atom. The summed E-state index contributed by atoms with van der Waals surface area (Å²) in [4.78, 5) is 7.38. The van der Waals surface area contributed by atoms with Gasteiger partial charge in [-0.25, -0.2) is 4.98 Å². The third kappa shape index (κ3) is 5.48. The minimum Gasteiger partial charge on any atom is -0.377 e. The highest BCUT2D eigenvalue weighted by molar-refractivity contribution is 5.66. The van der Waals surface area contributed by atoms with E-state index in [9.17, 15) is 0 Å². The minimum atomic E-state index is 0.000873. The summed E-state index contributed by atoms with van der Waals surface area (Å²) in [5.74, 6) is 1.75. The molecule has 1 atom stereocenters. The number of pyridine rings is 1. The highest BCUT2D eigenvalue weighted by Crippen LogP contribution is 2.32. The Morgan fingerprint density at radius 2 is 1.82 bits per heavy atom. The molecule has 3 rings (SSSR count). The molecular weight excluding hydrogens is 344 g/mol. The molecule has 1 unspecified atom stereocenters. The summed E-state index contributed by atoms with van der Waals surface area (Å²) in [5.41, 5.74) is 2.54. The van der Waals surface area contributed by atoms with Crippen LogP contribution in [0.4, 0.5) is 11.5 Å². The lowest BCUT2D eigenvalue weighted by Gasteiger charge is -2.40. The second-order valence-electron chi connectivity index (χ2n) is 8.88. The van der Waals surface area contributed by atoms with Gasteiger partial charge in [0.1, 0.15) is 0 Å². The van der Waals surface area contributed by atoms with Gasteiger partial charge in [0, 0.05) is 24.3 Å². The molecule has 1 aliphatic heterocycles. The van der Waals surface area contributed by atoms with Crippen LogP contribution in [0.25, 0.3) is 0 Å². The average Bonchev–Trinajstić information content (AvgIpc) is 2.69. The molecule has 1 aliphatic rings. The lowest BCUT2D eigenvalue weighted by molar-refractivity contribution is 0.304. The summed E-state index contributed by atoms with van der Waals surface area (Å²) in [6.45, 7) is 12.1. The second-order valence-corrected chi connectivity index (χ2v) is 8.88. The standard InChI is InChI=1S/C24H36N4/c1-5-28(23-21(12-9-15-26-23)27-24(2,3)4)22(20-13-16-25-17-14-20)18-19-10-7-6-8-11-19/h6-12,15,20,22,25,27H,5,13-14,16-18H2,1-4H3. The Balaban J connectivity index is 1.94. The van der Waals surface area contributed by atoms with Crippen molar-refractivity contribution in [2.24, 2.45) is 5.92 Å². The number of rotatable bonds is 7. The highest BCUT2D eigenvalue weighted by Gasteiger charge is 2.30. The van der Waals surface area contributed by atoms with E-state index in [4.69, 9.17) is 4.98 Å². The Kier molecular flexibility index (Phi) is 6.95. The molecule has 0 radical (unpaired) electrons. The zero-order valence-electron chi connectivity index (χ0n) is 17.9. The van der Waals surface area contributed by atoms with E-state index in [1.807, 2.05) is 12.3 Å². The van der Waals surface area contributed by atoms with Gasteiger partial charge in [0.05, 0.1) is 5.69 Å². The van der Waals surface area contributed by atoms with Crippen molar-refractivity contribution in [3.8, 4) is 0 Å². The molecule has 28 heavy (non-hydrogen) atoms. The Bertz CT molecular complexity index is 717. The van der Waals surface area contributed by atoms with Crippen molar-refractivity contribution in [2.75, 3.05) is 29.9 Å². The third-order valence-electron chi connectivity index (χ3n) is 5.53. The van der Waals surface area contributed by atoms with E-state index in [1.54, 1.807) is 0 Å². The van der Waals surface area contributed by atoms with Gasteiger partial charge >= 0.3 is 0 Å². The maximum absolute atomic E-state index is 4.84.